The van der Waals surface area contributed by atoms with Crippen LogP contribution >= 0.6 is 0 Å². The van der Waals surface area contributed by atoms with E-state index >= 15 is 0 Å². The smallest absolute Gasteiger partial charge is 0.325 e. The summed E-state index contributed by atoms with van der Waals surface area (Å²) in [5, 5.41) is 3.08. The van der Waals surface area contributed by atoms with Crippen molar-refractivity contribution in [3.8, 4) is 0 Å². The number of urea groups is 1. The van der Waals surface area contributed by atoms with Gasteiger partial charge in [-0.15, -0.1) is 0 Å². The van der Waals surface area contributed by atoms with Crippen LogP contribution in [-0.2, 0) is 16.0 Å². The van der Waals surface area contributed by atoms with Gasteiger partial charge in [0.05, 0.1) is 0 Å². The minimum absolute atomic E-state index is 0.0466. The van der Waals surface area contributed by atoms with Crippen molar-refractivity contribution in [2.45, 2.75) is 63.8 Å². The Morgan fingerprint density at radius 3 is 2.71 bits per heavy atom. The number of nitrogens with zero attached hydrogens (tertiary/aromatic N) is 3. The van der Waals surface area contributed by atoms with E-state index in [9.17, 15) is 14.4 Å². The average Bonchev–Trinajstić information content (AvgIpc) is 3.41. The standard InChI is InChI=1S/C24H32N4O3/c1-2-13-24(19-10-15-27(16-11-19)21(29)18-7-3-4-8-18)22(30)28(23(31)26-24)17-12-20-9-5-6-14-25-20/h5-7,9,14,19H,2-4,8,10-13,15-17H2,1H3,(H,26,31)/t24-/m0/s1. The molecule has 1 aromatic rings. The fourth-order valence-corrected chi connectivity index (χ4v) is 5.31. The lowest BCUT2D eigenvalue weighted by Crippen LogP contribution is -2.56. The minimum atomic E-state index is -0.849. The molecule has 2 saturated heterocycles. The Morgan fingerprint density at radius 2 is 2.06 bits per heavy atom. The number of rotatable bonds is 7. The van der Waals surface area contributed by atoms with Crippen LogP contribution in [0, 0.1) is 5.92 Å². The van der Waals surface area contributed by atoms with Crippen LogP contribution < -0.4 is 5.32 Å². The highest BCUT2D eigenvalue weighted by atomic mass is 16.2. The van der Waals surface area contributed by atoms with Crippen molar-refractivity contribution in [2.24, 2.45) is 5.92 Å². The molecule has 0 bridgehead atoms. The van der Waals surface area contributed by atoms with Crippen molar-refractivity contribution in [1.29, 1.82) is 0 Å². The second-order valence-electron chi connectivity index (χ2n) is 8.87. The largest absolute Gasteiger partial charge is 0.339 e. The van der Waals surface area contributed by atoms with Gasteiger partial charge in [0.1, 0.15) is 5.54 Å². The van der Waals surface area contributed by atoms with Crippen LogP contribution in [0.5, 0.6) is 0 Å². The highest BCUT2D eigenvalue weighted by Crippen LogP contribution is 2.37. The van der Waals surface area contributed by atoms with Crippen molar-refractivity contribution in [3.63, 3.8) is 0 Å². The average molecular weight is 425 g/mol. The van der Waals surface area contributed by atoms with E-state index in [1.54, 1.807) is 6.20 Å². The first-order valence-electron chi connectivity index (χ1n) is 11.6. The zero-order valence-electron chi connectivity index (χ0n) is 18.3. The lowest BCUT2D eigenvalue weighted by Gasteiger charge is -2.41. The highest BCUT2D eigenvalue weighted by molar-refractivity contribution is 6.07. The maximum atomic E-state index is 13.5. The van der Waals surface area contributed by atoms with Gasteiger partial charge in [-0.3, -0.25) is 19.5 Å². The maximum absolute atomic E-state index is 13.5. The summed E-state index contributed by atoms with van der Waals surface area (Å²) < 4.78 is 0. The third-order valence-electron chi connectivity index (χ3n) is 6.96. The molecule has 0 spiro atoms. The maximum Gasteiger partial charge on any atom is 0.325 e. The second kappa shape index (κ2) is 9.20. The summed E-state index contributed by atoms with van der Waals surface area (Å²) in [6, 6.07) is 5.37. The van der Waals surface area contributed by atoms with Crippen LogP contribution in [0.3, 0.4) is 0 Å². The second-order valence-corrected chi connectivity index (χ2v) is 8.87. The molecule has 1 N–H and O–H groups in total. The normalized spacial score (nSPS) is 24.5. The fraction of sp³-hybridized carbons (Fsp3) is 0.583. The molecule has 1 atom stereocenters. The Balaban J connectivity index is 1.43. The molecule has 4 amide bonds. The summed E-state index contributed by atoms with van der Waals surface area (Å²) in [7, 11) is 0. The third kappa shape index (κ3) is 4.23. The number of carbonyl (C=O) groups is 3. The number of piperidine rings is 1. The molecule has 166 valence electrons. The number of likely N-dealkylation sites (tertiary alicyclic amines) is 1. The van der Waals surface area contributed by atoms with E-state index in [4.69, 9.17) is 0 Å². The van der Waals surface area contributed by atoms with Gasteiger partial charge in [0.25, 0.3) is 5.91 Å². The Labute approximate surface area is 183 Å². The molecule has 0 unspecified atom stereocenters. The molecule has 1 aliphatic carbocycles. The molecule has 0 saturated carbocycles. The number of pyridine rings is 1. The van der Waals surface area contributed by atoms with E-state index in [1.165, 1.54) is 4.90 Å². The van der Waals surface area contributed by atoms with Crippen LogP contribution in [0.1, 0.15) is 57.6 Å². The molecule has 4 rings (SSSR count). The Hall–Kier alpha value is -2.70. The van der Waals surface area contributed by atoms with Gasteiger partial charge in [0, 0.05) is 43.5 Å². The fourth-order valence-electron chi connectivity index (χ4n) is 5.31. The summed E-state index contributed by atoms with van der Waals surface area (Å²) >= 11 is 0. The van der Waals surface area contributed by atoms with E-state index in [2.05, 4.69) is 16.4 Å². The first kappa shape index (κ1) is 21.5. The van der Waals surface area contributed by atoms with Crippen LogP contribution in [0.25, 0.3) is 0 Å². The molecule has 3 aliphatic rings. The molecule has 7 nitrogen and oxygen atoms in total. The lowest BCUT2D eigenvalue weighted by atomic mass is 9.74. The summed E-state index contributed by atoms with van der Waals surface area (Å²) in [5.74, 6) is 0.0863. The van der Waals surface area contributed by atoms with Crippen LogP contribution in [0.4, 0.5) is 4.79 Å². The summed E-state index contributed by atoms with van der Waals surface area (Å²) in [4.78, 5) is 46.6. The van der Waals surface area contributed by atoms with Crippen molar-refractivity contribution in [1.82, 2.24) is 20.1 Å². The van der Waals surface area contributed by atoms with Gasteiger partial charge in [-0.1, -0.05) is 25.5 Å². The number of carbonyl (C=O) groups excluding carboxylic acids is 3. The Kier molecular flexibility index (Phi) is 6.39. The van der Waals surface area contributed by atoms with Crippen molar-refractivity contribution in [2.75, 3.05) is 19.6 Å². The van der Waals surface area contributed by atoms with E-state index in [-0.39, 0.29) is 23.8 Å². The number of aromatic nitrogens is 1. The van der Waals surface area contributed by atoms with Crippen LogP contribution in [-0.4, -0.2) is 57.8 Å². The molecule has 2 fully saturated rings. The minimum Gasteiger partial charge on any atom is -0.339 e. The Morgan fingerprint density at radius 1 is 1.26 bits per heavy atom. The summed E-state index contributed by atoms with van der Waals surface area (Å²) in [5.41, 5.74) is 0.953. The lowest BCUT2D eigenvalue weighted by molar-refractivity contribution is -0.135. The molecule has 0 aromatic carbocycles. The summed E-state index contributed by atoms with van der Waals surface area (Å²) in [6.07, 6.45) is 10.2. The molecule has 31 heavy (non-hydrogen) atoms. The van der Waals surface area contributed by atoms with E-state index in [0.29, 0.717) is 32.5 Å². The number of hydrogen-bond donors (Lipinski definition) is 1. The van der Waals surface area contributed by atoms with Gasteiger partial charge in [-0.2, -0.15) is 0 Å². The number of amides is 4. The molecule has 3 heterocycles. The van der Waals surface area contributed by atoms with Crippen molar-refractivity contribution >= 4 is 17.8 Å². The van der Waals surface area contributed by atoms with Gasteiger partial charge in [0.2, 0.25) is 5.91 Å². The SMILES string of the molecule is CCC[C@@]1(C2CCN(C(=O)C3=CCCC3)CC2)NC(=O)N(CCc2ccccn2)C1=O. The molecular weight excluding hydrogens is 392 g/mol. The predicted molar refractivity (Wildman–Crippen MR) is 117 cm³/mol. The van der Waals surface area contributed by atoms with Gasteiger partial charge >= 0.3 is 6.03 Å². The first-order valence-corrected chi connectivity index (χ1v) is 11.6. The number of imide groups is 1. The monoisotopic (exact) mass is 424 g/mol. The van der Waals surface area contributed by atoms with E-state index in [1.807, 2.05) is 30.0 Å². The topological polar surface area (TPSA) is 82.6 Å². The van der Waals surface area contributed by atoms with Crippen LogP contribution in [0.2, 0.25) is 0 Å². The number of allylic oxidation sites excluding steroid dienone is 1. The third-order valence-corrected chi connectivity index (χ3v) is 6.96. The molecule has 0 radical (unpaired) electrons. The van der Waals surface area contributed by atoms with Gasteiger partial charge in [0.15, 0.2) is 0 Å². The molecule has 7 heteroatoms. The van der Waals surface area contributed by atoms with Crippen molar-refractivity contribution < 1.29 is 14.4 Å². The van der Waals surface area contributed by atoms with Crippen molar-refractivity contribution in [3.05, 3.63) is 41.7 Å². The Bertz CT molecular complexity index is 861. The van der Waals surface area contributed by atoms with E-state index < -0.39 is 5.54 Å². The number of nitrogens with one attached hydrogen (secondary N) is 1. The van der Waals surface area contributed by atoms with E-state index in [0.717, 1.165) is 49.8 Å². The van der Waals surface area contributed by atoms with Gasteiger partial charge in [-0.05, 0) is 56.6 Å². The number of hydrogen-bond acceptors (Lipinski definition) is 4. The summed E-state index contributed by atoms with van der Waals surface area (Å²) in [6.45, 7) is 3.66. The molecular formula is C24H32N4O3. The molecule has 2 aliphatic heterocycles. The van der Waals surface area contributed by atoms with Gasteiger partial charge < -0.3 is 10.2 Å². The highest BCUT2D eigenvalue weighted by Gasteiger charge is 2.55. The van der Waals surface area contributed by atoms with Gasteiger partial charge in [-0.25, -0.2) is 4.79 Å². The first-order chi connectivity index (χ1) is 15.0. The zero-order chi connectivity index (χ0) is 21.8. The van der Waals surface area contributed by atoms with Crippen LogP contribution in [0.15, 0.2) is 36.0 Å². The predicted octanol–water partition coefficient (Wildman–Crippen LogP) is 3.06. The molecule has 1 aromatic heterocycles. The zero-order valence-corrected chi connectivity index (χ0v) is 18.3. The quantitative estimate of drug-likeness (QED) is 0.682.